The van der Waals surface area contributed by atoms with Gasteiger partial charge in [0, 0.05) is 13.2 Å². The van der Waals surface area contributed by atoms with Crippen LogP contribution < -0.4 is 5.56 Å². The summed E-state index contributed by atoms with van der Waals surface area (Å²) >= 11 is 0. The maximum absolute atomic E-state index is 13.0. The van der Waals surface area contributed by atoms with E-state index in [1.807, 2.05) is 0 Å². The van der Waals surface area contributed by atoms with Crippen LogP contribution in [0.2, 0.25) is 0 Å². The Labute approximate surface area is 170 Å². The minimum Gasteiger partial charge on any atom is -0.465 e. The molecule has 0 bridgehead atoms. The van der Waals surface area contributed by atoms with Crippen molar-refractivity contribution in [3.05, 3.63) is 56.6 Å². The molecule has 4 rings (SSSR count). The number of methoxy groups -OCH3 is 1. The lowest BCUT2D eigenvalue weighted by Crippen LogP contribution is -2.33. The standard InChI is InChI=1S/C23H27N3O3/c1-12-8-9-26-17-11-16(23(3,4)5)14-10-15(22(28)29-7)21(27)25(6)19(14)18(17)24-20(26)13(12)2/h8-10,16H,11H2,1-7H3. The second-order valence-electron chi connectivity index (χ2n) is 9.06. The Morgan fingerprint density at radius 2 is 1.97 bits per heavy atom. The summed E-state index contributed by atoms with van der Waals surface area (Å²) in [7, 11) is 3.01. The van der Waals surface area contributed by atoms with Crippen molar-refractivity contribution in [3.8, 4) is 11.4 Å². The van der Waals surface area contributed by atoms with Crippen LogP contribution >= 0.6 is 0 Å². The molecule has 3 heterocycles. The van der Waals surface area contributed by atoms with Crippen LogP contribution in [0.25, 0.3) is 17.0 Å². The molecule has 6 heteroatoms. The van der Waals surface area contributed by atoms with Gasteiger partial charge in [-0.15, -0.1) is 0 Å². The number of fused-ring (bicyclic) bond motifs is 5. The minimum absolute atomic E-state index is 0.0683. The molecule has 1 aliphatic rings. The number of pyridine rings is 2. The van der Waals surface area contributed by atoms with Gasteiger partial charge in [-0.3, -0.25) is 4.79 Å². The molecule has 0 aromatic carbocycles. The van der Waals surface area contributed by atoms with Crippen molar-refractivity contribution in [2.75, 3.05) is 7.11 Å². The molecule has 0 amide bonds. The van der Waals surface area contributed by atoms with Gasteiger partial charge in [0.2, 0.25) is 0 Å². The van der Waals surface area contributed by atoms with Crippen molar-refractivity contribution in [1.82, 2.24) is 14.0 Å². The Morgan fingerprint density at radius 1 is 1.28 bits per heavy atom. The second kappa shape index (κ2) is 6.31. The average Bonchev–Trinajstić information content (AvgIpc) is 3.04. The van der Waals surface area contributed by atoms with Crippen molar-refractivity contribution in [2.24, 2.45) is 12.5 Å². The van der Waals surface area contributed by atoms with Crippen LogP contribution in [-0.4, -0.2) is 27.0 Å². The zero-order chi connectivity index (χ0) is 21.2. The van der Waals surface area contributed by atoms with Crippen LogP contribution in [0.15, 0.2) is 23.1 Å². The molecule has 0 radical (unpaired) electrons. The van der Waals surface area contributed by atoms with E-state index in [1.165, 1.54) is 12.7 Å². The summed E-state index contributed by atoms with van der Waals surface area (Å²) in [5.74, 6) is -0.477. The molecule has 29 heavy (non-hydrogen) atoms. The Hall–Kier alpha value is -2.89. The fraction of sp³-hybridized carbons (Fsp3) is 0.435. The van der Waals surface area contributed by atoms with E-state index in [0.717, 1.165) is 40.3 Å². The molecule has 0 spiro atoms. The number of nitrogens with zero attached hydrogens (tertiary/aromatic N) is 3. The first-order valence-corrected chi connectivity index (χ1v) is 9.86. The summed E-state index contributed by atoms with van der Waals surface area (Å²) in [6, 6.07) is 3.83. The highest BCUT2D eigenvalue weighted by Gasteiger charge is 2.38. The summed E-state index contributed by atoms with van der Waals surface area (Å²) in [5.41, 5.74) is 6.58. The predicted molar refractivity (Wildman–Crippen MR) is 113 cm³/mol. The minimum atomic E-state index is -0.603. The van der Waals surface area contributed by atoms with Crippen LogP contribution in [-0.2, 0) is 18.2 Å². The van der Waals surface area contributed by atoms with Gasteiger partial charge in [-0.1, -0.05) is 20.8 Å². The van der Waals surface area contributed by atoms with Gasteiger partial charge in [-0.25, -0.2) is 9.78 Å². The quantitative estimate of drug-likeness (QED) is 0.590. The molecule has 0 fully saturated rings. The van der Waals surface area contributed by atoms with Crippen molar-refractivity contribution < 1.29 is 9.53 Å². The maximum atomic E-state index is 13.0. The largest absolute Gasteiger partial charge is 0.465 e. The molecule has 3 aromatic rings. The zero-order valence-electron chi connectivity index (χ0n) is 18.1. The van der Waals surface area contributed by atoms with E-state index in [2.05, 4.69) is 51.3 Å². The molecular formula is C23H27N3O3. The molecule has 0 saturated heterocycles. The molecular weight excluding hydrogens is 366 g/mol. The molecule has 3 aromatic heterocycles. The van der Waals surface area contributed by atoms with Gasteiger partial charge < -0.3 is 13.7 Å². The fourth-order valence-corrected chi connectivity index (χ4v) is 4.42. The average molecular weight is 393 g/mol. The van der Waals surface area contributed by atoms with Crippen molar-refractivity contribution >= 4 is 11.6 Å². The Kier molecular flexibility index (Phi) is 4.22. The monoisotopic (exact) mass is 393 g/mol. The highest BCUT2D eigenvalue weighted by molar-refractivity contribution is 5.90. The topological polar surface area (TPSA) is 65.6 Å². The number of hydrogen-bond acceptors (Lipinski definition) is 4. The van der Waals surface area contributed by atoms with Gasteiger partial charge in [-0.2, -0.15) is 0 Å². The van der Waals surface area contributed by atoms with E-state index >= 15 is 0 Å². The van der Waals surface area contributed by atoms with E-state index in [4.69, 9.17) is 9.72 Å². The Morgan fingerprint density at radius 3 is 2.59 bits per heavy atom. The summed E-state index contributed by atoms with van der Waals surface area (Å²) in [4.78, 5) is 30.2. The van der Waals surface area contributed by atoms with Crippen molar-refractivity contribution in [1.29, 1.82) is 0 Å². The van der Waals surface area contributed by atoms with Crippen LogP contribution in [0.4, 0.5) is 0 Å². The first kappa shape index (κ1) is 19.4. The molecule has 6 nitrogen and oxygen atoms in total. The lowest BCUT2D eigenvalue weighted by Gasteiger charge is -2.36. The van der Waals surface area contributed by atoms with Crippen LogP contribution in [0, 0.1) is 19.3 Å². The predicted octanol–water partition coefficient (Wildman–Crippen LogP) is 3.79. The van der Waals surface area contributed by atoms with Gasteiger partial charge >= 0.3 is 5.97 Å². The summed E-state index contributed by atoms with van der Waals surface area (Å²) in [6.07, 6.45) is 2.85. The summed E-state index contributed by atoms with van der Waals surface area (Å²) in [5, 5.41) is 0. The third kappa shape index (κ3) is 2.73. The number of esters is 1. The lowest BCUT2D eigenvalue weighted by atomic mass is 9.70. The molecule has 1 unspecified atom stereocenters. The SMILES string of the molecule is COC(=O)c1cc2c(n(C)c1=O)-c1nc3c(C)c(C)ccn3c1CC2C(C)(C)C. The third-order valence-corrected chi connectivity index (χ3v) is 6.30. The maximum Gasteiger partial charge on any atom is 0.343 e. The Balaban J connectivity index is 2.13. The van der Waals surface area contributed by atoms with Gasteiger partial charge in [0.05, 0.1) is 18.5 Å². The number of hydrogen-bond donors (Lipinski definition) is 0. The molecule has 152 valence electrons. The number of imidazole rings is 1. The summed E-state index contributed by atoms with van der Waals surface area (Å²) < 4.78 is 8.57. The van der Waals surface area contributed by atoms with Gasteiger partial charge in [0.15, 0.2) is 0 Å². The number of rotatable bonds is 1. The fourth-order valence-electron chi connectivity index (χ4n) is 4.42. The summed E-state index contributed by atoms with van der Waals surface area (Å²) in [6.45, 7) is 10.7. The van der Waals surface area contributed by atoms with E-state index in [0.29, 0.717) is 0 Å². The first-order chi connectivity index (χ1) is 13.6. The number of carbonyl (C=O) groups excluding carboxylic acids is 1. The molecule has 1 atom stereocenters. The third-order valence-electron chi connectivity index (χ3n) is 6.30. The molecule has 0 N–H and O–H groups in total. The Bertz CT molecular complexity index is 1230. The van der Waals surface area contributed by atoms with Gasteiger partial charge in [0.1, 0.15) is 16.9 Å². The molecule has 0 saturated carbocycles. The van der Waals surface area contributed by atoms with E-state index in [1.54, 1.807) is 17.7 Å². The lowest BCUT2D eigenvalue weighted by molar-refractivity contribution is 0.0597. The zero-order valence-corrected chi connectivity index (χ0v) is 18.1. The highest BCUT2D eigenvalue weighted by Crippen LogP contribution is 2.47. The van der Waals surface area contributed by atoms with Crippen molar-refractivity contribution in [3.63, 3.8) is 0 Å². The highest BCUT2D eigenvalue weighted by atomic mass is 16.5. The van der Waals surface area contributed by atoms with E-state index in [-0.39, 0.29) is 22.5 Å². The van der Waals surface area contributed by atoms with Gasteiger partial charge in [-0.05, 0) is 60.4 Å². The molecule has 1 aliphatic carbocycles. The van der Waals surface area contributed by atoms with E-state index in [9.17, 15) is 9.59 Å². The first-order valence-electron chi connectivity index (χ1n) is 9.86. The van der Waals surface area contributed by atoms with Crippen LogP contribution in [0.3, 0.4) is 0 Å². The van der Waals surface area contributed by atoms with Crippen LogP contribution in [0.1, 0.15) is 59.4 Å². The smallest absolute Gasteiger partial charge is 0.343 e. The number of aromatic nitrogens is 3. The van der Waals surface area contributed by atoms with Crippen molar-refractivity contribution in [2.45, 2.75) is 47.0 Å². The molecule has 0 aliphatic heterocycles. The van der Waals surface area contributed by atoms with Gasteiger partial charge in [0.25, 0.3) is 5.56 Å². The number of carbonyl (C=O) groups is 1. The van der Waals surface area contributed by atoms with Crippen LogP contribution in [0.5, 0.6) is 0 Å². The number of aryl methyl sites for hydroxylation is 2. The van der Waals surface area contributed by atoms with E-state index < -0.39 is 5.97 Å². The number of ether oxygens (including phenoxy) is 1. The second-order valence-corrected chi connectivity index (χ2v) is 9.06. The normalized spacial score (nSPS) is 15.9.